The zero-order valence-electron chi connectivity index (χ0n) is 9.49. The first-order valence-electron chi connectivity index (χ1n) is 5.25. The molecule has 2 N–H and O–H groups in total. The third-order valence-corrected chi connectivity index (χ3v) is 2.45. The number of nitrogens with one attached hydrogen (secondary N) is 1. The molecule has 0 aliphatic heterocycles. The van der Waals surface area contributed by atoms with E-state index in [1.54, 1.807) is 6.92 Å². The van der Waals surface area contributed by atoms with E-state index < -0.39 is 22.8 Å². The van der Waals surface area contributed by atoms with Crippen molar-refractivity contribution >= 4 is 16.9 Å². The maximum atomic E-state index is 13.4. The first-order valence-corrected chi connectivity index (χ1v) is 5.25. The normalized spacial score (nSPS) is 10.6. The molecule has 0 atom stereocenters. The molecule has 0 fully saturated rings. The summed E-state index contributed by atoms with van der Waals surface area (Å²) in [5, 5.41) is 8.78. The van der Waals surface area contributed by atoms with Gasteiger partial charge in [-0.3, -0.25) is 4.79 Å². The molecule has 1 aromatic carbocycles. The van der Waals surface area contributed by atoms with E-state index >= 15 is 0 Å². The number of hydrogen-bond donors (Lipinski definition) is 2. The molecule has 6 heteroatoms. The van der Waals surface area contributed by atoms with Crippen molar-refractivity contribution in [3.63, 3.8) is 0 Å². The lowest BCUT2D eigenvalue weighted by molar-refractivity contribution is 0.0695. The van der Waals surface area contributed by atoms with Crippen molar-refractivity contribution in [2.45, 2.75) is 6.92 Å². The van der Waals surface area contributed by atoms with Crippen molar-refractivity contribution in [3.8, 4) is 5.75 Å². The lowest BCUT2D eigenvalue weighted by atomic mass is 10.1. The summed E-state index contributed by atoms with van der Waals surface area (Å²) in [5.74, 6) is -1.83. The molecule has 0 amide bonds. The molecule has 0 spiro atoms. The molecule has 0 bridgehead atoms. The molecule has 1 heterocycles. The van der Waals surface area contributed by atoms with Gasteiger partial charge in [-0.2, -0.15) is 0 Å². The van der Waals surface area contributed by atoms with E-state index in [2.05, 4.69) is 4.98 Å². The first-order chi connectivity index (χ1) is 8.54. The maximum Gasteiger partial charge on any atom is 0.341 e. The smallest absolute Gasteiger partial charge is 0.341 e. The lowest BCUT2D eigenvalue weighted by Gasteiger charge is -2.08. The highest BCUT2D eigenvalue weighted by Gasteiger charge is 2.15. The van der Waals surface area contributed by atoms with E-state index in [4.69, 9.17) is 9.84 Å². The van der Waals surface area contributed by atoms with Crippen LogP contribution in [0.15, 0.2) is 23.1 Å². The van der Waals surface area contributed by atoms with Gasteiger partial charge in [0.15, 0.2) is 0 Å². The van der Waals surface area contributed by atoms with Crippen LogP contribution in [0.2, 0.25) is 0 Å². The number of halogens is 1. The van der Waals surface area contributed by atoms with Crippen molar-refractivity contribution in [2.24, 2.45) is 0 Å². The molecule has 0 saturated heterocycles. The van der Waals surface area contributed by atoms with Crippen LogP contribution in [0.25, 0.3) is 10.9 Å². The Morgan fingerprint density at radius 2 is 2.22 bits per heavy atom. The van der Waals surface area contributed by atoms with Gasteiger partial charge in [0.05, 0.1) is 17.5 Å². The molecule has 2 aromatic rings. The van der Waals surface area contributed by atoms with Crippen molar-refractivity contribution < 1.29 is 19.0 Å². The van der Waals surface area contributed by atoms with Crippen LogP contribution in [0.3, 0.4) is 0 Å². The Morgan fingerprint density at radius 3 is 2.83 bits per heavy atom. The van der Waals surface area contributed by atoms with Crippen LogP contribution in [0, 0.1) is 5.82 Å². The second-order valence-electron chi connectivity index (χ2n) is 3.60. The van der Waals surface area contributed by atoms with Gasteiger partial charge in [-0.1, -0.05) is 0 Å². The van der Waals surface area contributed by atoms with Gasteiger partial charge in [-0.05, 0) is 13.0 Å². The number of carboxylic acid groups (broad SMARTS) is 1. The first kappa shape index (κ1) is 12.1. The molecule has 0 aliphatic carbocycles. The van der Waals surface area contributed by atoms with Gasteiger partial charge >= 0.3 is 5.97 Å². The van der Waals surface area contributed by atoms with E-state index in [9.17, 15) is 14.0 Å². The summed E-state index contributed by atoms with van der Waals surface area (Å²) in [6.45, 7) is 2.03. The lowest BCUT2D eigenvalue weighted by Crippen LogP contribution is -2.15. The maximum absolute atomic E-state index is 13.4. The fourth-order valence-corrected chi connectivity index (χ4v) is 1.69. The largest absolute Gasteiger partial charge is 0.492 e. The zero-order chi connectivity index (χ0) is 13.3. The van der Waals surface area contributed by atoms with Crippen LogP contribution in [0.1, 0.15) is 17.3 Å². The average molecular weight is 251 g/mol. The van der Waals surface area contributed by atoms with Crippen LogP contribution in [0.5, 0.6) is 5.75 Å². The van der Waals surface area contributed by atoms with Crippen molar-refractivity contribution in [1.82, 2.24) is 4.98 Å². The Morgan fingerprint density at radius 1 is 1.50 bits per heavy atom. The quantitative estimate of drug-likeness (QED) is 0.871. The number of aromatic nitrogens is 1. The molecule has 0 aliphatic rings. The van der Waals surface area contributed by atoms with Crippen molar-refractivity contribution in [2.75, 3.05) is 6.61 Å². The summed E-state index contributed by atoms with van der Waals surface area (Å²) in [6, 6.07) is 2.13. The average Bonchev–Trinajstić information content (AvgIpc) is 2.30. The van der Waals surface area contributed by atoms with Crippen LogP contribution < -0.4 is 10.2 Å². The summed E-state index contributed by atoms with van der Waals surface area (Å²) in [6.07, 6.45) is 1.08. The molecular weight excluding hydrogens is 241 g/mol. The molecule has 0 radical (unpaired) electrons. The summed E-state index contributed by atoms with van der Waals surface area (Å²) < 4.78 is 18.6. The third kappa shape index (κ3) is 1.92. The van der Waals surface area contributed by atoms with Crippen LogP contribution in [-0.2, 0) is 0 Å². The number of pyridine rings is 1. The minimum absolute atomic E-state index is 0.0432. The van der Waals surface area contributed by atoms with Gasteiger partial charge in [-0.25, -0.2) is 9.18 Å². The number of H-pyrrole nitrogens is 1. The summed E-state index contributed by atoms with van der Waals surface area (Å²) in [4.78, 5) is 25.3. The molecule has 1 aromatic heterocycles. The molecule has 18 heavy (non-hydrogen) atoms. The molecule has 0 saturated carbocycles. The highest BCUT2D eigenvalue weighted by atomic mass is 19.1. The Hall–Kier alpha value is -2.37. The Labute approximate surface area is 101 Å². The number of hydrogen-bond acceptors (Lipinski definition) is 3. The second kappa shape index (κ2) is 4.48. The fourth-order valence-electron chi connectivity index (χ4n) is 1.69. The number of ether oxygens (including phenoxy) is 1. The Balaban J connectivity index is 2.82. The van der Waals surface area contributed by atoms with Crippen LogP contribution in [-0.4, -0.2) is 22.7 Å². The Kier molecular flexibility index (Phi) is 3.01. The predicted molar refractivity (Wildman–Crippen MR) is 62.7 cm³/mol. The molecular formula is C12H10FNO4. The fraction of sp³-hybridized carbons (Fsp3) is 0.167. The molecule has 94 valence electrons. The van der Waals surface area contributed by atoms with E-state index in [1.807, 2.05) is 0 Å². The van der Waals surface area contributed by atoms with Crippen molar-refractivity contribution in [3.05, 3.63) is 39.9 Å². The number of fused-ring (bicyclic) bond motifs is 1. The molecule has 2 rings (SSSR count). The summed E-state index contributed by atoms with van der Waals surface area (Å²) in [5.41, 5.74) is -0.888. The highest BCUT2D eigenvalue weighted by Crippen LogP contribution is 2.23. The van der Waals surface area contributed by atoms with Gasteiger partial charge in [-0.15, -0.1) is 0 Å². The number of aromatic carboxylic acids is 1. The minimum atomic E-state index is -1.36. The van der Waals surface area contributed by atoms with E-state index in [1.165, 1.54) is 0 Å². The Bertz CT molecular complexity index is 678. The zero-order valence-corrected chi connectivity index (χ0v) is 9.49. The van der Waals surface area contributed by atoms with E-state index in [-0.39, 0.29) is 16.7 Å². The number of rotatable bonds is 3. The van der Waals surface area contributed by atoms with Gasteiger partial charge in [0, 0.05) is 12.3 Å². The van der Waals surface area contributed by atoms with Gasteiger partial charge < -0.3 is 14.8 Å². The molecule has 0 unspecified atom stereocenters. The SMILES string of the molecule is CCOc1cc(F)cc2c(=O)c(C(=O)O)c[nH]c12. The third-order valence-electron chi connectivity index (χ3n) is 2.45. The minimum Gasteiger partial charge on any atom is -0.492 e. The summed E-state index contributed by atoms with van der Waals surface area (Å²) >= 11 is 0. The van der Waals surface area contributed by atoms with E-state index in [0.717, 1.165) is 18.3 Å². The van der Waals surface area contributed by atoms with Gasteiger partial charge in [0.1, 0.15) is 17.1 Å². The van der Waals surface area contributed by atoms with Crippen LogP contribution >= 0.6 is 0 Å². The second-order valence-corrected chi connectivity index (χ2v) is 3.60. The number of carbonyl (C=O) groups is 1. The molecule has 5 nitrogen and oxygen atoms in total. The monoisotopic (exact) mass is 251 g/mol. The number of benzene rings is 1. The van der Waals surface area contributed by atoms with Crippen LogP contribution in [0.4, 0.5) is 4.39 Å². The standard InChI is InChI=1S/C12H10FNO4/c1-2-18-9-4-6(13)3-7-10(9)14-5-8(11(7)15)12(16)17/h3-5H,2H2,1H3,(H,14,15)(H,16,17). The topological polar surface area (TPSA) is 79.4 Å². The number of carboxylic acids is 1. The van der Waals surface area contributed by atoms with Gasteiger partial charge in [0.2, 0.25) is 5.43 Å². The summed E-state index contributed by atoms with van der Waals surface area (Å²) in [7, 11) is 0. The predicted octanol–water partition coefficient (Wildman–Crippen LogP) is 1.76. The van der Waals surface area contributed by atoms with Gasteiger partial charge in [0.25, 0.3) is 0 Å². The number of aromatic amines is 1. The van der Waals surface area contributed by atoms with Crippen molar-refractivity contribution in [1.29, 1.82) is 0 Å². The van der Waals surface area contributed by atoms with E-state index in [0.29, 0.717) is 6.61 Å². The highest BCUT2D eigenvalue weighted by molar-refractivity contribution is 5.93.